The Labute approximate surface area is 87.6 Å². The van der Waals surface area contributed by atoms with Crippen molar-refractivity contribution in [3.05, 3.63) is 0 Å². The van der Waals surface area contributed by atoms with E-state index in [0.29, 0.717) is 0 Å². The fraction of sp³-hybridized carbons (Fsp3) is 0. The predicted molar refractivity (Wildman–Crippen MR) is 11.5 cm³/mol. The van der Waals surface area contributed by atoms with Gasteiger partial charge in [-0.3, -0.25) is 0 Å². The van der Waals surface area contributed by atoms with E-state index in [2.05, 4.69) is 0 Å². The topological polar surface area (TPSA) is 0 Å². The van der Waals surface area contributed by atoms with Gasteiger partial charge < -0.3 is 0 Å². The van der Waals surface area contributed by atoms with E-state index in [1.807, 2.05) is 0 Å². The third-order valence-corrected chi connectivity index (χ3v) is 0. The van der Waals surface area contributed by atoms with Crippen LogP contribution in [0.3, 0.4) is 0 Å². The normalized spacial score (nSPS) is 0. The molecule has 0 aliphatic rings. The Hall–Kier alpha value is 2.93. The molecule has 0 aromatic carbocycles. The van der Waals surface area contributed by atoms with Crippen LogP contribution < -0.4 is 0 Å². The quantitative estimate of drug-likeness (QED) is 0.465. The van der Waals surface area contributed by atoms with Crippen LogP contribution in [0.4, 0.5) is 0 Å². The van der Waals surface area contributed by atoms with Crippen LogP contribution in [0.2, 0.25) is 0 Å². The first-order chi connectivity index (χ1) is 0. The minimum absolute atomic E-state index is 0. The van der Waals surface area contributed by atoms with Gasteiger partial charge in [-0.2, -0.15) is 0 Å². The van der Waals surface area contributed by atoms with Gasteiger partial charge in [0.15, 0.2) is 0 Å². The Bertz CT molecular complexity index is 8.00. The zero-order chi connectivity index (χ0) is 0. The van der Waals surface area contributed by atoms with Gasteiger partial charge in [-0.25, -0.2) is 0 Å². The second-order valence-electron chi connectivity index (χ2n) is 0. The Kier molecular flexibility index (Phi) is 119. The molecule has 0 rings (SSSR count). The van der Waals surface area contributed by atoms with Gasteiger partial charge in [0.2, 0.25) is 0 Å². The molecule has 0 nitrogen and oxygen atoms in total. The maximum atomic E-state index is 0. The molecule has 0 aliphatic carbocycles. The molecular weight excluding hydrogens is 405 g/mol. The van der Waals surface area contributed by atoms with Crippen molar-refractivity contribution in [3.63, 3.8) is 0 Å². The number of hydrogen-bond donors (Lipinski definition) is 0. The van der Waals surface area contributed by atoms with E-state index < -0.39 is 0 Å². The fourth-order valence-electron chi connectivity index (χ4n) is 0. The summed E-state index contributed by atoms with van der Waals surface area (Å²) in [5.41, 5.74) is 0. The molecule has 9 radical (unpaired) electrons. The van der Waals surface area contributed by atoms with E-state index in [1.54, 1.807) is 0 Å². The predicted octanol–water partition coefficient (Wildman–Crippen LogP) is -0.767. The van der Waals surface area contributed by atoms with E-state index in [0.717, 1.165) is 0 Å². The molecule has 0 heterocycles. The zero-order valence-electron chi connectivity index (χ0n) is 1.68. The first kappa shape index (κ1) is 28.4. The van der Waals surface area contributed by atoms with Crippen molar-refractivity contribution in [1.82, 2.24) is 0 Å². The largest absolute Gasteiger partial charge is 0 e. The van der Waals surface area contributed by atoms with Gasteiger partial charge in [0.1, 0.15) is 0 Å². The third kappa shape index (κ3) is 8.87. The summed E-state index contributed by atoms with van der Waals surface area (Å²) in [6, 6.07) is 0. The van der Waals surface area contributed by atoms with Gasteiger partial charge >= 0.3 is 0 Å². The molecule has 0 amide bonds. The van der Waals surface area contributed by atoms with Gasteiger partial charge in [-0.05, 0) is 0 Å². The third-order valence-electron chi connectivity index (χ3n) is 0. The van der Waals surface area contributed by atoms with E-state index in [4.69, 9.17) is 0 Å². The fourth-order valence-corrected chi connectivity index (χ4v) is 0. The standard InChI is InChI=1S/Ag.Cu.In.Sn. The SMILES string of the molecule is [Ag].[Cu].[In].[Sn]. The van der Waals surface area contributed by atoms with Crippen LogP contribution in [-0.2, 0) is 39.4 Å². The van der Waals surface area contributed by atoms with Crippen LogP contribution in [0.25, 0.3) is 0 Å². The summed E-state index contributed by atoms with van der Waals surface area (Å²) in [7, 11) is 0. The molecule has 4 heteroatoms. The summed E-state index contributed by atoms with van der Waals surface area (Å²) in [6.07, 6.45) is 0. The Morgan fingerprint density at radius 1 is 1.00 bits per heavy atom. The molecule has 0 saturated heterocycles. The molecule has 0 spiro atoms. The zero-order valence-corrected chi connectivity index (χ0v) is 10.3. The van der Waals surface area contributed by atoms with E-state index >= 15 is 0 Å². The van der Waals surface area contributed by atoms with Crippen molar-refractivity contribution in [2.75, 3.05) is 0 Å². The second kappa shape index (κ2) is 16.8. The Morgan fingerprint density at radius 3 is 1.00 bits per heavy atom. The Morgan fingerprint density at radius 2 is 1.00 bits per heavy atom. The summed E-state index contributed by atoms with van der Waals surface area (Å²) in [4.78, 5) is 0. The summed E-state index contributed by atoms with van der Waals surface area (Å²) in [5, 5.41) is 0. The van der Waals surface area contributed by atoms with Gasteiger partial charge in [0.05, 0.1) is 0 Å². The molecular formula is AgCuInSn. The number of rotatable bonds is 0. The van der Waals surface area contributed by atoms with Crippen molar-refractivity contribution >= 4 is 49.8 Å². The van der Waals surface area contributed by atoms with Crippen molar-refractivity contribution in [1.29, 1.82) is 0 Å². The van der Waals surface area contributed by atoms with Crippen molar-refractivity contribution in [2.45, 2.75) is 0 Å². The second-order valence-corrected chi connectivity index (χ2v) is 0. The molecule has 0 bridgehead atoms. The van der Waals surface area contributed by atoms with Crippen molar-refractivity contribution in [2.24, 2.45) is 0 Å². The molecule has 0 aromatic rings. The van der Waals surface area contributed by atoms with E-state index in [9.17, 15) is 0 Å². The summed E-state index contributed by atoms with van der Waals surface area (Å²) >= 11 is 0. The molecule has 0 aliphatic heterocycles. The van der Waals surface area contributed by atoms with E-state index in [1.165, 1.54) is 0 Å². The average molecular weight is 405 g/mol. The summed E-state index contributed by atoms with van der Waals surface area (Å²) in [6.45, 7) is 0. The molecule has 0 N–H and O–H groups in total. The smallest absolute Gasteiger partial charge is 0 e. The average Bonchev–Trinajstić information content (AvgIpc) is 0. The molecule has 29 valence electrons. The molecule has 0 fully saturated rings. The van der Waals surface area contributed by atoms with Crippen LogP contribution in [-0.4, -0.2) is 49.8 Å². The van der Waals surface area contributed by atoms with Crippen LogP contribution in [0.1, 0.15) is 0 Å². The maximum absolute atomic E-state index is 0. The monoisotopic (exact) mass is 405 g/mol. The van der Waals surface area contributed by atoms with Gasteiger partial charge in [0, 0.05) is 89.2 Å². The van der Waals surface area contributed by atoms with Crippen LogP contribution in [0.5, 0.6) is 0 Å². The molecule has 0 aromatic heterocycles. The van der Waals surface area contributed by atoms with Crippen molar-refractivity contribution < 1.29 is 39.4 Å². The van der Waals surface area contributed by atoms with Crippen LogP contribution in [0.15, 0.2) is 0 Å². The maximum Gasteiger partial charge on any atom is 0 e. The molecule has 0 unspecified atom stereocenters. The molecule has 0 saturated carbocycles. The minimum atomic E-state index is 0. The minimum Gasteiger partial charge on any atom is 0 e. The summed E-state index contributed by atoms with van der Waals surface area (Å²) in [5.74, 6) is 0. The van der Waals surface area contributed by atoms with Gasteiger partial charge in [-0.15, -0.1) is 0 Å². The Balaban J connectivity index is 0. The van der Waals surface area contributed by atoms with Crippen molar-refractivity contribution in [3.8, 4) is 0 Å². The molecule has 0 atom stereocenters. The first-order valence-electron chi connectivity index (χ1n) is 0. The summed E-state index contributed by atoms with van der Waals surface area (Å²) < 4.78 is 0. The number of hydrogen-bond acceptors (Lipinski definition) is 0. The van der Waals surface area contributed by atoms with E-state index in [-0.39, 0.29) is 89.2 Å². The van der Waals surface area contributed by atoms with Crippen LogP contribution in [0, 0.1) is 0 Å². The molecule has 4 heavy (non-hydrogen) atoms. The van der Waals surface area contributed by atoms with Gasteiger partial charge in [0.25, 0.3) is 0 Å². The van der Waals surface area contributed by atoms with Crippen LogP contribution >= 0.6 is 0 Å². The van der Waals surface area contributed by atoms with Gasteiger partial charge in [-0.1, -0.05) is 0 Å². The first-order valence-corrected chi connectivity index (χ1v) is 0.